The Bertz CT molecular complexity index is 367. The molecule has 0 aromatic carbocycles. The van der Waals surface area contributed by atoms with Gasteiger partial charge in [0.25, 0.3) is 5.08 Å². The van der Waals surface area contributed by atoms with E-state index in [0.29, 0.717) is 6.54 Å². The smallest absolute Gasteiger partial charge is 1.00 e. The van der Waals surface area contributed by atoms with Gasteiger partial charge >= 0.3 is 104 Å². The zero-order valence-electron chi connectivity index (χ0n) is 17.1. The summed E-state index contributed by atoms with van der Waals surface area (Å²) in [6.45, 7) is 2.64. The second kappa shape index (κ2) is 14.3. The van der Waals surface area contributed by atoms with Gasteiger partial charge in [-0.05, 0) is 20.0 Å². The van der Waals surface area contributed by atoms with Crippen molar-refractivity contribution >= 4 is 15.2 Å². The van der Waals surface area contributed by atoms with Crippen molar-refractivity contribution in [1.82, 2.24) is 4.90 Å². The van der Waals surface area contributed by atoms with Crippen LogP contribution in [0.2, 0.25) is 0 Å². The molecule has 0 fully saturated rings. The molecular weight excluding hydrogens is 365 g/mol. The van der Waals surface area contributed by atoms with E-state index in [1.165, 1.54) is 0 Å². The third-order valence-electron chi connectivity index (χ3n) is 2.91. The van der Waals surface area contributed by atoms with Gasteiger partial charge in [-0.2, -0.15) is 0 Å². The van der Waals surface area contributed by atoms with Crippen LogP contribution in [0.15, 0.2) is 0 Å². The van der Waals surface area contributed by atoms with Gasteiger partial charge in [0, 0.05) is 13.0 Å². The van der Waals surface area contributed by atoms with E-state index in [1.807, 2.05) is 6.92 Å². The third-order valence-corrected chi connectivity index (χ3v) is 6.78. The molecule has 0 unspecified atom stereocenters. The second-order valence-corrected chi connectivity index (χ2v) is 8.63. The number of unbranched alkanes of at least 4 members (excludes halogenated alkanes) is 2. The summed E-state index contributed by atoms with van der Waals surface area (Å²) in [6, 6.07) is 0. The first-order valence-electron chi connectivity index (χ1n) is 5.98. The van der Waals surface area contributed by atoms with Crippen molar-refractivity contribution < 1.29 is 127 Å². The van der Waals surface area contributed by atoms with Crippen molar-refractivity contribution in [2.24, 2.45) is 0 Å². The van der Waals surface area contributed by atoms with Crippen LogP contribution in [0.4, 0.5) is 0 Å². The minimum Gasteiger partial charge on any atom is -1.00 e. The third kappa shape index (κ3) is 11.0. The van der Waals surface area contributed by atoms with Crippen LogP contribution in [-0.2, 0) is 9.13 Å². The molecule has 0 rings (SSSR count). The van der Waals surface area contributed by atoms with Crippen LogP contribution in [0.3, 0.4) is 0 Å². The fraction of sp³-hybridized carbons (Fsp3) is 1.00. The SMILES string of the molecule is CCCCCN(C)CCC(O)(P(=O)(O)O)P(=O)(O)O.[H-].[H-].[H-].[Na+].[Na+].[Na+]. The fourth-order valence-corrected chi connectivity index (χ4v) is 3.69. The van der Waals surface area contributed by atoms with Crippen LogP contribution in [0.1, 0.15) is 36.9 Å². The van der Waals surface area contributed by atoms with E-state index >= 15 is 0 Å². The van der Waals surface area contributed by atoms with Crippen LogP contribution in [-0.4, -0.2) is 54.8 Å². The minimum absolute atomic E-state index is 0. The van der Waals surface area contributed by atoms with E-state index in [2.05, 4.69) is 0 Å². The molecule has 0 amide bonds. The zero-order valence-corrected chi connectivity index (χ0v) is 21.9. The Morgan fingerprint density at radius 1 is 0.955 bits per heavy atom. The summed E-state index contributed by atoms with van der Waals surface area (Å²) in [5.74, 6) is 0. The summed E-state index contributed by atoms with van der Waals surface area (Å²) < 4.78 is 22.2. The van der Waals surface area contributed by atoms with E-state index < -0.39 is 26.7 Å². The van der Waals surface area contributed by atoms with Crippen LogP contribution in [0.5, 0.6) is 0 Å². The van der Waals surface area contributed by atoms with Gasteiger partial charge in [0.2, 0.25) is 0 Å². The average molecular weight is 391 g/mol. The molecule has 0 radical (unpaired) electrons. The van der Waals surface area contributed by atoms with Crippen LogP contribution in [0.25, 0.3) is 0 Å². The van der Waals surface area contributed by atoms with E-state index in [9.17, 15) is 14.2 Å². The maximum absolute atomic E-state index is 11.1. The standard InChI is InChI=1S/C9H23NO7P2.3Na.3H/c1-3-4-5-7-10(2)8-6-9(11,18(12,13)14)19(15,16)17;;;;;;/h11H,3-8H2,1-2H3,(H2,12,13,14)(H2,15,16,17);;;;;;/q;3*+1;3*-1. The molecule has 22 heavy (non-hydrogen) atoms. The van der Waals surface area contributed by atoms with Gasteiger partial charge in [-0.25, -0.2) is 0 Å². The first kappa shape index (κ1) is 32.9. The summed E-state index contributed by atoms with van der Waals surface area (Å²) in [5, 5.41) is 6.35. The van der Waals surface area contributed by atoms with Crippen LogP contribution in [0, 0.1) is 0 Å². The topological polar surface area (TPSA) is 139 Å². The van der Waals surface area contributed by atoms with Gasteiger partial charge in [0.15, 0.2) is 0 Å². The summed E-state index contributed by atoms with van der Waals surface area (Å²) >= 11 is 0. The molecule has 0 saturated heterocycles. The molecule has 0 aliphatic carbocycles. The number of hydrogen-bond acceptors (Lipinski definition) is 4. The number of nitrogens with zero attached hydrogens (tertiary/aromatic N) is 1. The van der Waals surface area contributed by atoms with Gasteiger partial charge in [-0.15, -0.1) is 0 Å². The fourth-order valence-electron chi connectivity index (χ4n) is 1.55. The minimum atomic E-state index is -5.33. The van der Waals surface area contributed by atoms with Gasteiger partial charge in [-0.1, -0.05) is 19.8 Å². The van der Waals surface area contributed by atoms with Crippen molar-refractivity contribution in [2.45, 2.75) is 37.7 Å². The Morgan fingerprint density at radius 2 is 1.36 bits per heavy atom. The van der Waals surface area contributed by atoms with Crippen molar-refractivity contribution in [3.05, 3.63) is 0 Å². The molecule has 0 spiro atoms. The Labute approximate surface area is 202 Å². The average Bonchev–Trinajstić information content (AvgIpc) is 2.23. The van der Waals surface area contributed by atoms with Crippen molar-refractivity contribution in [3.63, 3.8) is 0 Å². The zero-order chi connectivity index (χ0) is 15.3. The molecule has 0 aromatic rings. The molecule has 0 atom stereocenters. The van der Waals surface area contributed by atoms with E-state index in [0.717, 1.165) is 19.3 Å². The molecule has 0 bridgehead atoms. The van der Waals surface area contributed by atoms with Gasteiger partial charge < -0.3 is 33.9 Å². The van der Waals surface area contributed by atoms with Crippen LogP contribution < -0.4 is 88.7 Å². The molecule has 8 nitrogen and oxygen atoms in total. The van der Waals surface area contributed by atoms with Crippen LogP contribution >= 0.6 is 15.2 Å². The Balaban J connectivity index is -0.000000108. The van der Waals surface area contributed by atoms with Crippen molar-refractivity contribution in [3.8, 4) is 0 Å². The number of rotatable bonds is 9. The summed E-state index contributed by atoms with van der Waals surface area (Å²) in [5.41, 5.74) is 0. The maximum atomic E-state index is 11.1. The molecule has 0 aromatic heterocycles. The molecule has 0 heterocycles. The monoisotopic (exact) mass is 391 g/mol. The summed E-state index contributed by atoms with van der Waals surface area (Å²) in [7, 11) is -9.00. The first-order chi connectivity index (χ1) is 8.45. The molecule has 5 N–H and O–H groups in total. The van der Waals surface area contributed by atoms with E-state index in [-0.39, 0.29) is 99.5 Å². The quantitative estimate of drug-likeness (QED) is 0.148. The molecule has 0 aliphatic rings. The van der Waals surface area contributed by atoms with Crippen molar-refractivity contribution in [2.75, 3.05) is 20.1 Å². The second-order valence-electron chi connectivity index (χ2n) is 4.62. The number of hydrogen-bond donors (Lipinski definition) is 5. The molecule has 0 aliphatic heterocycles. The largest absolute Gasteiger partial charge is 1.00 e. The van der Waals surface area contributed by atoms with E-state index in [4.69, 9.17) is 19.6 Å². The Hall–Kier alpha value is 3.22. The predicted octanol–water partition coefficient (Wildman–Crippen LogP) is -8.15. The summed E-state index contributed by atoms with van der Waals surface area (Å²) in [6.07, 6.45) is 2.19. The maximum Gasteiger partial charge on any atom is 1.00 e. The van der Waals surface area contributed by atoms with Crippen molar-refractivity contribution in [1.29, 1.82) is 0 Å². The normalized spacial score (nSPS) is 12.2. The Kier molecular flexibility index (Phi) is 21.4. The molecule has 13 heteroatoms. The number of aliphatic hydroxyl groups is 1. The Morgan fingerprint density at radius 3 is 1.68 bits per heavy atom. The molecular formula is C9H26NNa3O7P2. The predicted molar refractivity (Wildman–Crippen MR) is 74.0 cm³/mol. The first-order valence-corrected chi connectivity index (χ1v) is 9.20. The molecule has 0 saturated carbocycles. The van der Waals surface area contributed by atoms with E-state index in [1.54, 1.807) is 11.9 Å². The molecule has 122 valence electrons. The van der Waals surface area contributed by atoms with Gasteiger partial charge in [0.05, 0.1) is 0 Å². The summed E-state index contributed by atoms with van der Waals surface area (Å²) in [4.78, 5) is 37.5. The van der Waals surface area contributed by atoms with Gasteiger partial charge in [0.1, 0.15) is 0 Å². The van der Waals surface area contributed by atoms with Gasteiger partial charge in [-0.3, -0.25) is 9.13 Å².